The summed E-state index contributed by atoms with van der Waals surface area (Å²) in [6, 6.07) is -0.299. The monoisotopic (exact) mass is 284 g/mol. The number of hydrogen-bond acceptors (Lipinski definition) is 5. The number of hydrogen-bond donors (Lipinski definition) is 0. The minimum Gasteiger partial charge on any atom is -0.344 e. The Hall–Kier alpha value is 1.09. The minimum absolute atomic E-state index is 0.0655. The van der Waals surface area contributed by atoms with Gasteiger partial charge in [-0.1, -0.05) is 27.7 Å². The van der Waals surface area contributed by atoms with Crippen LogP contribution < -0.4 is 0 Å². The lowest BCUT2D eigenvalue weighted by Gasteiger charge is -2.35. The third kappa shape index (κ3) is 1.96. The molecule has 0 spiro atoms. The molecule has 16 heavy (non-hydrogen) atoms. The lowest BCUT2D eigenvalue weighted by atomic mass is 10.0. The normalized spacial score (nSPS) is 54.8. The first-order valence-corrected chi connectivity index (χ1v) is 6.94. The molecule has 0 aromatic carbocycles. The molecule has 9 unspecified atom stereocenters. The summed E-state index contributed by atoms with van der Waals surface area (Å²) >= 11 is 0. The predicted molar refractivity (Wildman–Crippen MR) is 65.7 cm³/mol. The van der Waals surface area contributed by atoms with Gasteiger partial charge in [0.2, 0.25) is 0 Å². The molecule has 0 radical (unpaired) electrons. The van der Waals surface area contributed by atoms with Crippen molar-refractivity contribution in [3.8, 4) is 0 Å². The first kappa shape index (κ1) is 12.1. The minimum atomic E-state index is -0.785. The van der Waals surface area contributed by atoms with Crippen molar-refractivity contribution < 1.29 is 23.7 Å². The van der Waals surface area contributed by atoms with Crippen LogP contribution in [-0.2, 0) is 23.7 Å². The fourth-order valence-electron chi connectivity index (χ4n) is 2.30. The summed E-state index contributed by atoms with van der Waals surface area (Å²) in [5, 5.41) is -0.785. The first-order valence-electron chi connectivity index (χ1n) is 5.12. The molecule has 0 aromatic heterocycles. The van der Waals surface area contributed by atoms with Crippen LogP contribution in [0, 0.1) is 0 Å². The quantitative estimate of drug-likeness (QED) is 0.604. The highest BCUT2D eigenvalue weighted by atomic mass is 31.1. The summed E-state index contributed by atoms with van der Waals surface area (Å²) in [5.74, 6) is 0. The summed E-state index contributed by atoms with van der Waals surface area (Å²) in [4.78, 5) is 0. The van der Waals surface area contributed by atoms with E-state index in [0.29, 0.717) is 0 Å². The van der Waals surface area contributed by atoms with Gasteiger partial charge in [-0.05, 0) is 6.92 Å². The number of ether oxygens (including phenoxy) is 5. The van der Waals surface area contributed by atoms with Gasteiger partial charge in [-0.25, -0.2) is 0 Å². The van der Waals surface area contributed by atoms with Gasteiger partial charge < -0.3 is 23.7 Å². The highest BCUT2D eigenvalue weighted by Crippen LogP contribution is 2.47. The van der Waals surface area contributed by atoms with Gasteiger partial charge in [0.25, 0.3) is 0 Å². The Kier molecular flexibility index (Phi) is 3.07. The van der Waals surface area contributed by atoms with E-state index in [4.69, 9.17) is 23.7 Å². The molecule has 5 nitrogen and oxygen atoms in total. The highest BCUT2D eigenvalue weighted by Gasteiger charge is 2.57. The third-order valence-electron chi connectivity index (χ3n) is 2.93. The van der Waals surface area contributed by atoms with Crippen molar-refractivity contribution in [1.29, 1.82) is 0 Å². The van der Waals surface area contributed by atoms with E-state index in [2.05, 4.69) is 27.7 Å². The Bertz CT molecular complexity index is 301. The molecule has 0 aliphatic carbocycles. The molecule has 3 fully saturated rings. The second kappa shape index (κ2) is 4.05. The Morgan fingerprint density at radius 3 is 2.38 bits per heavy atom. The molecule has 3 aliphatic heterocycles. The summed E-state index contributed by atoms with van der Waals surface area (Å²) in [7, 11) is 7.48. The number of fused-ring (bicyclic) bond motifs is 3. The van der Waals surface area contributed by atoms with Crippen molar-refractivity contribution in [1.82, 2.24) is 0 Å². The zero-order chi connectivity index (χ0) is 11.5. The maximum atomic E-state index is 5.73. The summed E-state index contributed by atoms with van der Waals surface area (Å²) in [6.07, 6.45) is -0.952. The molecular formula is C8H15O5P3. The predicted octanol–water partition coefficient (Wildman–Crippen LogP) is 0.451. The average Bonchev–Trinajstić information content (AvgIpc) is 2.65. The lowest BCUT2D eigenvalue weighted by molar-refractivity contribution is -0.215. The van der Waals surface area contributed by atoms with Gasteiger partial charge in [0.1, 0.15) is 18.3 Å². The summed E-state index contributed by atoms with van der Waals surface area (Å²) < 4.78 is 28.4. The van der Waals surface area contributed by atoms with Gasteiger partial charge in [-0.2, -0.15) is 0 Å². The SMILES string of the molecule is CC1OC2OC(P)(P)OC2C2OC(P)OC12. The van der Waals surface area contributed by atoms with Crippen LogP contribution in [0.2, 0.25) is 0 Å². The van der Waals surface area contributed by atoms with Gasteiger partial charge in [0.15, 0.2) is 17.6 Å². The molecule has 3 aliphatic rings. The van der Waals surface area contributed by atoms with E-state index in [-0.39, 0.29) is 30.4 Å². The van der Waals surface area contributed by atoms with Crippen LogP contribution in [0.5, 0.6) is 0 Å². The van der Waals surface area contributed by atoms with Gasteiger partial charge >= 0.3 is 0 Å². The largest absolute Gasteiger partial charge is 0.344 e. The van der Waals surface area contributed by atoms with Crippen LogP contribution in [-0.4, -0.2) is 42.0 Å². The fraction of sp³-hybridized carbons (Fsp3) is 1.00. The highest BCUT2D eigenvalue weighted by molar-refractivity contribution is 7.38. The van der Waals surface area contributed by atoms with Gasteiger partial charge in [-0.3, -0.25) is 0 Å². The van der Waals surface area contributed by atoms with E-state index in [1.807, 2.05) is 6.92 Å². The average molecular weight is 284 g/mol. The molecule has 9 atom stereocenters. The van der Waals surface area contributed by atoms with Crippen LogP contribution in [0.4, 0.5) is 0 Å². The smallest absolute Gasteiger partial charge is 0.196 e. The topological polar surface area (TPSA) is 46.2 Å². The molecule has 8 heteroatoms. The third-order valence-corrected chi connectivity index (χ3v) is 3.79. The number of rotatable bonds is 0. The Balaban J connectivity index is 1.84. The Morgan fingerprint density at radius 2 is 1.62 bits per heavy atom. The maximum absolute atomic E-state index is 5.73. The van der Waals surface area contributed by atoms with E-state index in [1.165, 1.54) is 0 Å². The summed E-state index contributed by atoms with van der Waals surface area (Å²) in [6.45, 7) is 1.95. The van der Waals surface area contributed by atoms with E-state index >= 15 is 0 Å². The van der Waals surface area contributed by atoms with Crippen molar-refractivity contribution in [3.05, 3.63) is 0 Å². The van der Waals surface area contributed by atoms with E-state index in [1.54, 1.807) is 0 Å². The molecule has 0 amide bonds. The van der Waals surface area contributed by atoms with Gasteiger partial charge in [0.05, 0.1) is 6.10 Å². The zero-order valence-corrected chi connectivity index (χ0v) is 12.2. The molecule has 0 saturated carbocycles. The summed E-state index contributed by atoms with van der Waals surface area (Å²) in [5.41, 5.74) is 0. The van der Waals surface area contributed by atoms with Crippen LogP contribution in [0.1, 0.15) is 6.92 Å². The zero-order valence-electron chi connectivity index (χ0n) is 8.74. The maximum Gasteiger partial charge on any atom is 0.196 e. The molecule has 3 saturated heterocycles. The van der Waals surface area contributed by atoms with E-state index in [0.717, 1.165) is 0 Å². The molecule has 0 aromatic rings. The molecular weight excluding hydrogens is 269 g/mol. The van der Waals surface area contributed by atoms with E-state index < -0.39 is 11.6 Å². The molecule has 92 valence electrons. The van der Waals surface area contributed by atoms with Crippen LogP contribution in [0.3, 0.4) is 0 Å². The Morgan fingerprint density at radius 1 is 0.938 bits per heavy atom. The van der Waals surface area contributed by atoms with Crippen LogP contribution in [0.25, 0.3) is 0 Å². The first-order chi connectivity index (χ1) is 7.46. The molecule has 0 bridgehead atoms. The van der Waals surface area contributed by atoms with Crippen LogP contribution in [0.15, 0.2) is 0 Å². The lowest BCUT2D eigenvalue weighted by Crippen LogP contribution is -2.53. The van der Waals surface area contributed by atoms with Gasteiger partial charge in [0, 0.05) is 0 Å². The Labute approximate surface area is 101 Å². The van der Waals surface area contributed by atoms with Crippen LogP contribution >= 0.6 is 27.7 Å². The van der Waals surface area contributed by atoms with Crippen molar-refractivity contribution in [2.75, 3.05) is 0 Å². The second-order valence-corrected chi connectivity index (χ2v) is 7.02. The van der Waals surface area contributed by atoms with Gasteiger partial charge in [-0.15, -0.1) is 0 Å². The second-order valence-electron chi connectivity index (χ2n) is 4.20. The van der Waals surface area contributed by atoms with Crippen molar-refractivity contribution in [2.24, 2.45) is 0 Å². The molecule has 3 rings (SSSR count). The fourth-order valence-corrected chi connectivity index (χ4v) is 3.25. The van der Waals surface area contributed by atoms with Crippen molar-refractivity contribution in [3.63, 3.8) is 0 Å². The molecule has 3 heterocycles. The molecule has 0 N–H and O–H groups in total. The standard InChI is InChI=1S/C8H15O5P3/c1-2-3-4(11-7(14)10-3)5-6(9-2)13-8(15,16)12-5/h2-7H,14-16H2,1H3. The van der Waals surface area contributed by atoms with Crippen molar-refractivity contribution >= 4 is 27.7 Å². The van der Waals surface area contributed by atoms with E-state index in [9.17, 15) is 0 Å². The van der Waals surface area contributed by atoms with Crippen molar-refractivity contribution in [2.45, 2.75) is 48.9 Å².